The number of anilines is 1. The summed E-state index contributed by atoms with van der Waals surface area (Å²) in [6, 6.07) is 18.8. The second-order valence-electron chi connectivity index (χ2n) is 7.53. The molecule has 1 aliphatic rings. The predicted octanol–water partition coefficient (Wildman–Crippen LogP) is 3.39. The van der Waals surface area contributed by atoms with Crippen molar-refractivity contribution in [2.24, 2.45) is 5.10 Å². The lowest BCUT2D eigenvalue weighted by Gasteiger charge is -2.26. The molecule has 31 heavy (non-hydrogen) atoms. The van der Waals surface area contributed by atoms with E-state index in [1.807, 2.05) is 74.5 Å². The lowest BCUT2D eigenvalue weighted by molar-refractivity contribution is -0.149. The second-order valence-corrected chi connectivity index (χ2v) is 7.53. The fraction of sp³-hybridized carbons (Fsp3) is 0.333. The van der Waals surface area contributed by atoms with Crippen LogP contribution in [0.1, 0.15) is 38.7 Å². The summed E-state index contributed by atoms with van der Waals surface area (Å²) in [7, 11) is 0. The maximum atomic E-state index is 12.6. The van der Waals surface area contributed by atoms with Gasteiger partial charge in [-0.2, -0.15) is 5.10 Å². The molecule has 3 rings (SSSR count). The summed E-state index contributed by atoms with van der Waals surface area (Å²) in [4.78, 5) is 38.6. The molecular formula is C24H27N3O4. The number of carbonyl (C=O) groups is 3. The van der Waals surface area contributed by atoms with Gasteiger partial charge in [0.15, 0.2) is 6.61 Å². The number of hydrazone groups is 1. The maximum absolute atomic E-state index is 12.6. The molecule has 0 radical (unpaired) electrons. The average molecular weight is 421 g/mol. The number of nitrogens with zero attached hydrogens (tertiary/aromatic N) is 3. The molecule has 7 heteroatoms. The monoisotopic (exact) mass is 421 g/mol. The van der Waals surface area contributed by atoms with Crippen LogP contribution in [-0.2, 0) is 19.1 Å². The van der Waals surface area contributed by atoms with Crippen molar-refractivity contribution in [3.8, 4) is 0 Å². The molecule has 0 atom stereocenters. The van der Waals surface area contributed by atoms with Crippen molar-refractivity contribution in [1.29, 1.82) is 0 Å². The van der Waals surface area contributed by atoms with Gasteiger partial charge >= 0.3 is 5.97 Å². The Bertz CT molecular complexity index is 942. The summed E-state index contributed by atoms with van der Waals surface area (Å²) in [6.07, 6.45) is 0.580. The third-order valence-electron chi connectivity index (χ3n) is 4.92. The van der Waals surface area contributed by atoms with Gasteiger partial charge in [-0.3, -0.25) is 14.4 Å². The van der Waals surface area contributed by atoms with E-state index in [2.05, 4.69) is 5.10 Å². The Labute approximate surface area is 182 Å². The molecule has 2 aromatic carbocycles. The van der Waals surface area contributed by atoms with E-state index in [1.165, 1.54) is 5.01 Å². The Hall–Kier alpha value is -3.48. The molecule has 7 nitrogen and oxygen atoms in total. The van der Waals surface area contributed by atoms with Gasteiger partial charge in [-0.25, -0.2) is 5.01 Å². The van der Waals surface area contributed by atoms with Gasteiger partial charge in [0.1, 0.15) is 0 Å². The van der Waals surface area contributed by atoms with Crippen molar-refractivity contribution in [2.75, 3.05) is 18.1 Å². The molecule has 0 unspecified atom stereocenters. The van der Waals surface area contributed by atoms with Crippen molar-refractivity contribution in [3.63, 3.8) is 0 Å². The Kier molecular flexibility index (Phi) is 7.54. The van der Waals surface area contributed by atoms with Crippen LogP contribution < -0.4 is 4.90 Å². The first-order valence-corrected chi connectivity index (χ1v) is 10.4. The number of ether oxygens (including phenoxy) is 1. The van der Waals surface area contributed by atoms with E-state index >= 15 is 0 Å². The zero-order chi connectivity index (χ0) is 22.2. The Balaban J connectivity index is 1.46. The van der Waals surface area contributed by atoms with Crippen LogP contribution in [-0.4, -0.2) is 47.7 Å². The van der Waals surface area contributed by atoms with Gasteiger partial charge in [-0.1, -0.05) is 48.5 Å². The van der Waals surface area contributed by atoms with Gasteiger partial charge in [-0.15, -0.1) is 0 Å². The Morgan fingerprint density at radius 2 is 1.65 bits per heavy atom. The number of para-hydroxylation sites is 1. The van der Waals surface area contributed by atoms with Crippen LogP contribution in [0.25, 0.3) is 0 Å². The average Bonchev–Trinajstić information content (AvgIpc) is 3.28. The molecule has 162 valence electrons. The number of rotatable bonds is 8. The SMILES string of the molecule is CC(C)N(C(=O)COC(=O)CCC(=O)N1CCC(c2ccccc2)=N1)c1ccccc1. The van der Waals surface area contributed by atoms with E-state index in [-0.39, 0.29) is 37.3 Å². The molecule has 1 heterocycles. The summed E-state index contributed by atoms with van der Waals surface area (Å²) >= 11 is 0. The molecule has 2 aromatic rings. The van der Waals surface area contributed by atoms with Gasteiger partial charge < -0.3 is 9.64 Å². The number of hydrogen-bond donors (Lipinski definition) is 0. The topological polar surface area (TPSA) is 79.3 Å². The van der Waals surface area contributed by atoms with Crippen molar-refractivity contribution in [3.05, 3.63) is 66.2 Å². The molecular weight excluding hydrogens is 394 g/mol. The second kappa shape index (κ2) is 10.5. The minimum Gasteiger partial charge on any atom is -0.456 e. The molecule has 0 N–H and O–H groups in total. The van der Waals surface area contributed by atoms with Gasteiger partial charge in [0, 0.05) is 24.6 Å². The highest BCUT2D eigenvalue weighted by atomic mass is 16.5. The number of amides is 2. The summed E-state index contributed by atoms with van der Waals surface area (Å²) in [5.74, 6) is -1.12. The molecule has 2 amide bonds. The van der Waals surface area contributed by atoms with Crippen LogP contribution in [0.3, 0.4) is 0 Å². The summed E-state index contributed by atoms with van der Waals surface area (Å²) < 4.78 is 5.12. The quantitative estimate of drug-likeness (QED) is 0.612. The van der Waals surface area contributed by atoms with Crippen molar-refractivity contribution < 1.29 is 19.1 Å². The van der Waals surface area contributed by atoms with Gasteiger partial charge in [0.2, 0.25) is 5.91 Å². The number of carbonyl (C=O) groups excluding carboxylic acids is 3. The first-order chi connectivity index (χ1) is 15.0. The van der Waals surface area contributed by atoms with Gasteiger partial charge in [-0.05, 0) is 31.5 Å². The number of benzene rings is 2. The first kappa shape index (κ1) is 22.2. The molecule has 0 saturated heterocycles. The van der Waals surface area contributed by atoms with Crippen LogP contribution in [0.4, 0.5) is 5.69 Å². The lowest BCUT2D eigenvalue weighted by Crippen LogP contribution is -2.40. The fourth-order valence-electron chi connectivity index (χ4n) is 3.41. The van der Waals surface area contributed by atoms with Gasteiger partial charge in [0.25, 0.3) is 5.91 Å². The molecule has 0 bridgehead atoms. The van der Waals surface area contributed by atoms with Gasteiger partial charge in [0.05, 0.1) is 18.7 Å². The zero-order valence-electron chi connectivity index (χ0n) is 17.9. The largest absolute Gasteiger partial charge is 0.456 e. The third-order valence-corrected chi connectivity index (χ3v) is 4.92. The van der Waals surface area contributed by atoms with E-state index in [9.17, 15) is 14.4 Å². The standard InChI is InChI=1S/C24H27N3O4/c1-18(2)27(20-11-7-4-8-12-20)23(29)17-31-24(30)14-13-22(28)26-16-15-21(25-26)19-9-5-3-6-10-19/h3-12,18H,13-17H2,1-2H3. The van der Waals surface area contributed by atoms with Crippen LogP contribution in [0, 0.1) is 0 Å². The van der Waals surface area contributed by atoms with Crippen LogP contribution in [0.5, 0.6) is 0 Å². The minimum absolute atomic E-state index is 0.00876. The predicted molar refractivity (Wildman–Crippen MR) is 119 cm³/mol. The first-order valence-electron chi connectivity index (χ1n) is 10.4. The molecule has 1 aliphatic heterocycles. The normalized spacial score (nSPS) is 13.1. The minimum atomic E-state index is -0.579. The van der Waals surface area contributed by atoms with E-state index in [1.54, 1.807) is 4.90 Å². The highest BCUT2D eigenvalue weighted by Gasteiger charge is 2.23. The smallest absolute Gasteiger partial charge is 0.306 e. The van der Waals surface area contributed by atoms with E-state index in [0.29, 0.717) is 13.0 Å². The number of hydrogen-bond acceptors (Lipinski definition) is 5. The van der Waals surface area contributed by atoms with E-state index in [0.717, 1.165) is 17.0 Å². The van der Waals surface area contributed by atoms with Crippen LogP contribution in [0.2, 0.25) is 0 Å². The number of esters is 1. The highest BCUT2D eigenvalue weighted by Crippen LogP contribution is 2.17. The van der Waals surface area contributed by atoms with Crippen molar-refractivity contribution in [1.82, 2.24) is 5.01 Å². The fourth-order valence-corrected chi connectivity index (χ4v) is 3.41. The molecule has 0 saturated carbocycles. The molecule has 0 aromatic heterocycles. The molecule has 0 aliphatic carbocycles. The summed E-state index contributed by atoms with van der Waals surface area (Å²) in [6.45, 7) is 3.93. The Morgan fingerprint density at radius 1 is 1.00 bits per heavy atom. The molecule has 0 fully saturated rings. The Morgan fingerprint density at radius 3 is 2.29 bits per heavy atom. The van der Waals surface area contributed by atoms with E-state index in [4.69, 9.17) is 4.74 Å². The van der Waals surface area contributed by atoms with Crippen LogP contribution in [0.15, 0.2) is 65.8 Å². The maximum Gasteiger partial charge on any atom is 0.306 e. The molecule has 0 spiro atoms. The lowest BCUT2D eigenvalue weighted by atomic mass is 10.1. The van der Waals surface area contributed by atoms with Crippen molar-refractivity contribution >= 4 is 29.2 Å². The van der Waals surface area contributed by atoms with E-state index < -0.39 is 5.97 Å². The van der Waals surface area contributed by atoms with Crippen molar-refractivity contribution in [2.45, 2.75) is 39.2 Å². The zero-order valence-corrected chi connectivity index (χ0v) is 17.9. The summed E-state index contributed by atoms with van der Waals surface area (Å²) in [5.41, 5.74) is 2.59. The highest BCUT2D eigenvalue weighted by molar-refractivity contribution is 6.02. The third kappa shape index (κ3) is 6.01. The summed E-state index contributed by atoms with van der Waals surface area (Å²) in [5, 5.41) is 5.77. The van der Waals surface area contributed by atoms with Crippen LogP contribution >= 0.6 is 0 Å².